The van der Waals surface area contributed by atoms with Gasteiger partial charge in [0.1, 0.15) is 5.82 Å². The lowest BCUT2D eigenvalue weighted by Crippen LogP contribution is -2.07. The highest BCUT2D eigenvalue weighted by molar-refractivity contribution is 5.19. The van der Waals surface area contributed by atoms with Crippen LogP contribution in [0.15, 0.2) is 0 Å². The maximum absolute atomic E-state index is 5.64. The van der Waals surface area contributed by atoms with Crippen LogP contribution >= 0.6 is 0 Å². The molecule has 0 aromatic carbocycles. The Hall–Kier alpha value is -0.830. The van der Waals surface area contributed by atoms with Crippen molar-refractivity contribution in [3.8, 4) is 0 Å². The van der Waals surface area contributed by atoms with E-state index in [4.69, 9.17) is 5.73 Å². The highest BCUT2D eigenvalue weighted by atomic mass is 15.1. The van der Waals surface area contributed by atoms with Gasteiger partial charge in [-0.05, 0) is 12.8 Å². The van der Waals surface area contributed by atoms with Crippen LogP contribution in [0.2, 0.25) is 0 Å². The largest absolute Gasteiger partial charge is 0.334 e. The van der Waals surface area contributed by atoms with Crippen LogP contribution in [0.25, 0.3) is 0 Å². The van der Waals surface area contributed by atoms with Crippen molar-refractivity contribution in [2.45, 2.75) is 33.2 Å². The van der Waals surface area contributed by atoms with E-state index in [1.54, 1.807) is 0 Å². The molecule has 0 atom stereocenters. The van der Waals surface area contributed by atoms with Gasteiger partial charge in [0.25, 0.3) is 0 Å². The average molecular weight is 167 g/mol. The van der Waals surface area contributed by atoms with E-state index in [1.165, 1.54) is 0 Å². The van der Waals surface area contributed by atoms with Crippen molar-refractivity contribution >= 4 is 0 Å². The average Bonchev–Trinajstić information content (AvgIpc) is 2.29. The fraction of sp³-hybridized carbons (Fsp3) is 0.667. The lowest BCUT2D eigenvalue weighted by atomic mass is 10.1. The first-order chi connectivity index (χ1) is 5.57. The number of nitrogens with zero attached hydrogens (tertiary/aromatic N) is 2. The molecule has 0 saturated heterocycles. The van der Waals surface area contributed by atoms with E-state index in [1.807, 2.05) is 14.0 Å². The maximum atomic E-state index is 5.64. The minimum absolute atomic E-state index is 0.462. The van der Waals surface area contributed by atoms with Crippen LogP contribution in [0.4, 0.5) is 0 Å². The summed E-state index contributed by atoms with van der Waals surface area (Å²) in [5.41, 5.74) is 7.93. The van der Waals surface area contributed by atoms with E-state index in [-0.39, 0.29) is 0 Å². The number of rotatable bonds is 2. The lowest BCUT2D eigenvalue weighted by Gasteiger charge is -2.05. The van der Waals surface area contributed by atoms with Gasteiger partial charge in [-0.3, -0.25) is 0 Å². The monoisotopic (exact) mass is 167 g/mol. The minimum atomic E-state index is 0.462. The molecule has 0 bridgehead atoms. The molecule has 0 radical (unpaired) electrons. The van der Waals surface area contributed by atoms with E-state index in [9.17, 15) is 0 Å². The third-order valence-corrected chi connectivity index (χ3v) is 2.21. The first kappa shape index (κ1) is 9.26. The molecule has 0 unspecified atom stereocenters. The smallest absolute Gasteiger partial charge is 0.105 e. The highest BCUT2D eigenvalue weighted by Crippen LogP contribution is 2.18. The van der Waals surface area contributed by atoms with Crippen molar-refractivity contribution in [1.29, 1.82) is 0 Å². The summed E-state index contributed by atoms with van der Waals surface area (Å²) < 4.78 is 2.06. The first-order valence-corrected chi connectivity index (χ1v) is 4.30. The SMILES string of the molecule is Cc1nc(C(C)C)c(CN)n1C. The first-order valence-electron chi connectivity index (χ1n) is 4.30. The summed E-state index contributed by atoms with van der Waals surface area (Å²) in [6.45, 7) is 6.86. The molecule has 0 aliphatic heterocycles. The van der Waals surface area contributed by atoms with Crippen LogP contribution in [-0.4, -0.2) is 9.55 Å². The molecule has 68 valence electrons. The molecule has 0 fully saturated rings. The molecule has 12 heavy (non-hydrogen) atoms. The van der Waals surface area contributed by atoms with Crippen molar-refractivity contribution in [1.82, 2.24) is 9.55 Å². The second-order valence-electron chi connectivity index (χ2n) is 3.41. The number of imidazole rings is 1. The van der Waals surface area contributed by atoms with Gasteiger partial charge in [-0.15, -0.1) is 0 Å². The summed E-state index contributed by atoms with van der Waals surface area (Å²) in [5.74, 6) is 1.50. The van der Waals surface area contributed by atoms with Crippen LogP contribution in [0.3, 0.4) is 0 Å². The van der Waals surface area contributed by atoms with Gasteiger partial charge in [-0.1, -0.05) is 13.8 Å². The molecule has 0 amide bonds. The summed E-state index contributed by atoms with van der Waals surface area (Å²) in [5, 5.41) is 0. The zero-order valence-corrected chi connectivity index (χ0v) is 8.26. The van der Waals surface area contributed by atoms with Crippen molar-refractivity contribution in [3.63, 3.8) is 0 Å². The van der Waals surface area contributed by atoms with Crippen LogP contribution in [0, 0.1) is 6.92 Å². The Morgan fingerprint density at radius 1 is 1.50 bits per heavy atom. The molecule has 3 heteroatoms. The number of aryl methyl sites for hydroxylation is 1. The molecule has 1 heterocycles. The Morgan fingerprint density at radius 3 is 2.42 bits per heavy atom. The summed E-state index contributed by atoms with van der Waals surface area (Å²) in [4.78, 5) is 4.46. The molecule has 3 nitrogen and oxygen atoms in total. The van der Waals surface area contributed by atoms with Crippen LogP contribution < -0.4 is 5.73 Å². The summed E-state index contributed by atoms with van der Waals surface area (Å²) >= 11 is 0. The Labute approximate surface area is 73.6 Å². The van der Waals surface area contributed by atoms with E-state index in [0.717, 1.165) is 17.2 Å². The number of aromatic nitrogens is 2. The van der Waals surface area contributed by atoms with Crippen molar-refractivity contribution < 1.29 is 0 Å². The van der Waals surface area contributed by atoms with Crippen LogP contribution in [0.1, 0.15) is 37.0 Å². The van der Waals surface area contributed by atoms with Gasteiger partial charge < -0.3 is 10.3 Å². The van der Waals surface area contributed by atoms with Gasteiger partial charge in [0.15, 0.2) is 0 Å². The quantitative estimate of drug-likeness (QED) is 0.721. The van der Waals surface area contributed by atoms with E-state index >= 15 is 0 Å². The zero-order chi connectivity index (χ0) is 9.30. The van der Waals surface area contributed by atoms with Crippen LogP contribution in [0.5, 0.6) is 0 Å². The predicted molar refractivity (Wildman–Crippen MR) is 49.9 cm³/mol. The van der Waals surface area contributed by atoms with Crippen molar-refractivity contribution in [3.05, 3.63) is 17.2 Å². The Morgan fingerprint density at radius 2 is 2.08 bits per heavy atom. The molecular formula is C9H17N3. The Bertz CT molecular complexity index is 274. The predicted octanol–water partition coefficient (Wildman–Crippen LogP) is 1.31. The van der Waals surface area contributed by atoms with Crippen molar-refractivity contribution in [2.75, 3.05) is 0 Å². The number of hydrogen-bond acceptors (Lipinski definition) is 2. The molecule has 1 aromatic heterocycles. The molecule has 2 N–H and O–H groups in total. The zero-order valence-electron chi connectivity index (χ0n) is 8.26. The third kappa shape index (κ3) is 1.37. The molecule has 1 aromatic rings. The lowest BCUT2D eigenvalue weighted by molar-refractivity contribution is 0.763. The molecule has 1 rings (SSSR count). The van der Waals surface area contributed by atoms with Gasteiger partial charge in [-0.25, -0.2) is 4.98 Å². The van der Waals surface area contributed by atoms with E-state index in [2.05, 4.69) is 23.4 Å². The number of hydrogen-bond donors (Lipinski definition) is 1. The summed E-state index contributed by atoms with van der Waals surface area (Å²) in [6.07, 6.45) is 0. The third-order valence-electron chi connectivity index (χ3n) is 2.21. The molecule has 0 aliphatic carbocycles. The van der Waals surface area contributed by atoms with Gasteiger partial charge in [-0.2, -0.15) is 0 Å². The molecule has 0 saturated carbocycles. The summed E-state index contributed by atoms with van der Waals surface area (Å²) in [7, 11) is 2.01. The molecule has 0 spiro atoms. The topological polar surface area (TPSA) is 43.8 Å². The van der Waals surface area contributed by atoms with E-state index in [0.29, 0.717) is 12.5 Å². The minimum Gasteiger partial charge on any atom is -0.334 e. The van der Waals surface area contributed by atoms with Crippen LogP contribution in [-0.2, 0) is 13.6 Å². The maximum Gasteiger partial charge on any atom is 0.105 e. The Balaban J connectivity index is 3.20. The number of nitrogens with two attached hydrogens (primary N) is 1. The van der Waals surface area contributed by atoms with Gasteiger partial charge in [0.05, 0.1) is 11.4 Å². The van der Waals surface area contributed by atoms with Crippen molar-refractivity contribution in [2.24, 2.45) is 12.8 Å². The molecular weight excluding hydrogens is 150 g/mol. The normalized spacial score (nSPS) is 11.2. The molecule has 0 aliphatic rings. The van der Waals surface area contributed by atoms with Gasteiger partial charge >= 0.3 is 0 Å². The standard InChI is InChI=1S/C9H17N3/c1-6(2)9-8(5-10)12(4)7(3)11-9/h6H,5,10H2,1-4H3. The fourth-order valence-corrected chi connectivity index (χ4v) is 1.38. The highest BCUT2D eigenvalue weighted by Gasteiger charge is 2.12. The second-order valence-corrected chi connectivity index (χ2v) is 3.41. The Kier molecular flexibility index (Phi) is 2.52. The fourth-order valence-electron chi connectivity index (χ4n) is 1.38. The second kappa shape index (κ2) is 3.27. The summed E-state index contributed by atoms with van der Waals surface area (Å²) in [6, 6.07) is 0. The van der Waals surface area contributed by atoms with Gasteiger partial charge in [0.2, 0.25) is 0 Å². The van der Waals surface area contributed by atoms with E-state index < -0.39 is 0 Å². The van der Waals surface area contributed by atoms with Gasteiger partial charge in [0, 0.05) is 13.6 Å².